The van der Waals surface area contributed by atoms with E-state index in [-0.39, 0.29) is 6.54 Å². The van der Waals surface area contributed by atoms with E-state index >= 15 is 0 Å². The number of carbonyl (C=O) groups excluding carboxylic acids is 2. The second-order valence-electron chi connectivity index (χ2n) is 6.37. The predicted octanol–water partition coefficient (Wildman–Crippen LogP) is 3.20. The molecule has 0 radical (unpaired) electrons. The van der Waals surface area contributed by atoms with Crippen LogP contribution >= 0.6 is 11.6 Å². The van der Waals surface area contributed by atoms with Crippen molar-refractivity contribution >= 4 is 39.9 Å². The number of hydrogen-bond donors (Lipinski definition) is 0. The summed E-state index contributed by atoms with van der Waals surface area (Å²) in [6.07, 6.45) is 3.25. The van der Waals surface area contributed by atoms with Crippen molar-refractivity contribution in [1.29, 1.82) is 0 Å². The molecule has 4 aromatic rings. The van der Waals surface area contributed by atoms with Crippen LogP contribution in [0.2, 0.25) is 5.02 Å². The zero-order valence-electron chi connectivity index (χ0n) is 14.4. The lowest BCUT2D eigenvalue weighted by Gasteiger charge is -2.17. The van der Waals surface area contributed by atoms with Crippen molar-refractivity contribution in [2.24, 2.45) is 0 Å². The Bertz CT molecular complexity index is 1270. The molecule has 0 N–H and O–H groups in total. The van der Waals surface area contributed by atoms with E-state index < -0.39 is 11.7 Å². The van der Waals surface area contributed by atoms with E-state index in [1.54, 1.807) is 53.5 Å². The van der Waals surface area contributed by atoms with Crippen molar-refractivity contribution in [2.75, 3.05) is 4.90 Å². The highest BCUT2D eigenvalue weighted by atomic mass is 35.5. The first-order valence-corrected chi connectivity index (χ1v) is 8.91. The molecule has 2 aromatic carbocycles. The van der Waals surface area contributed by atoms with E-state index in [9.17, 15) is 9.59 Å². The van der Waals surface area contributed by atoms with E-state index in [1.165, 1.54) is 4.90 Å². The predicted molar refractivity (Wildman–Crippen MR) is 104 cm³/mol. The minimum atomic E-state index is -0.555. The average molecular weight is 390 g/mol. The summed E-state index contributed by atoms with van der Waals surface area (Å²) in [4.78, 5) is 30.5. The molecule has 0 spiro atoms. The highest BCUT2D eigenvalue weighted by molar-refractivity contribution is 6.52. The summed E-state index contributed by atoms with van der Waals surface area (Å²) in [7, 11) is 0. The third kappa shape index (κ3) is 2.48. The molecule has 0 aliphatic carbocycles. The SMILES string of the molecule is O=C1C(=O)N(Cc2cnnn2-c2ccnc3cc(Cl)ccc23)c2ccccc21. The largest absolute Gasteiger partial charge is 0.299 e. The number of anilines is 1. The molecule has 136 valence electrons. The summed E-state index contributed by atoms with van der Waals surface area (Å²) in [5.41, 5.74) is 3.16. The maximum Gasteiger partial charge on any atom is 0.299 e. The van der Waals surface area contributed by atoms with Gasteiger partial charge in [0, 0.05) is 16.6 Å². The molecule has 0 saturated heterocycles. The van der Waals surface area contributed by atoms with Crippen LogP contribution < -0.4 is 4.90 Å². The van der Waals surface area contributed by atoms with Crippen LogP contribution in [0.4, 0.5) is 5.69 Å². The standard InChI is InChI=1S/C20H12ClN5O2/c21-12-5-6-14-16(9-12)22-8-7-18(14)26-13(10-23-24-26)11-25-17-4-2-1-3-15(17)19(27)20(25)28/h1-10H,11H2. The van der Waals surface area contributed by atoms with Crippen molar-refractivity contribution in [3.63, 3.8) is 0 Å². The number of Topliss-reactive ketones (excluding diaryl/α,β-unsaturated/α-hetero) is 1. The van der Waals surface area contributed by atoms with Crippen LogP contribution in [0.1, 0.15) is 16.1 Å². The maximum atomic E-state index is 12.5. The van der Waals surface area contributed by atoms with Gasteiger partial charge in [0.2, 0.25) is 0 Å². The van der Waals surface area contributed by atoms with Gasteiger partial charge in [0.05, 0.1) is 40.9 Å². The molecule has 0 fully saturated rings. The van der Waals surface area contributed by atoms with Crippen molar-refractivity contribution in [1.82, 2.24) is 20.0 Å². The van der Waals surface area contributed by atoms with E-state index in [2.05, 4.69) is 15.3 Å². The number of ketones is 1. The summed E-state index contributed by atoms with van der Waals surface area (Å²) in [6, 6.07) is 14.2. The summed E-state index contributed by atoms with van der Waals surface area (Å²) < 4.78 is 1.65. The number of fused-ring (bicyclic) bond motifs is 2. The van der Waals surface area contributed by atoms with Gasteiger partial charge in [-0.25, -0.2) is 4.68 Å². The number of pyridine rings is 1. The van der Waals surface area contributed by atoms with E-state index in [0.717, 1.165) is 16.6 Å². The molecule has 0 bridgehead atoms. The van der Waals surface area contributed by atoms with Crippen molar-refractivity contribution in [3.05, 3.63) is 77.2 Å². The number of rotatable bonds is 3. The zero-order chi connectivity index (χ0) is 19.3. The van der Waals surface area contributed by atoms with Gasteiger partial charge < -0.3 is 0 Å². The van der Waals surface area contributed by atoms with Crippen molar-refractivity contribution in [2.45, 2.75) is 6.54 Å². The van der Waals surface area contributed by atoms with Gasteiger partial charge in [0.1, 0.15) is 0 Å². The smallest absolute Gasteiger partial charge is 0.299 e. The fourth-order valence-electron chi connectivity index (χ4n) is 3.42. The van der Waals surface area contributed by atoms with Gasteiger partial charge in [-0.3, -0.25) is 19.5 Å². The lowest BCUT2D eigenvalue weighted by Crippen LogP contribution is -2.30. The Hall–Kier alpha value is -3.58. The first kappa shape index (κ1) is 16.6. The number of nitrogens with zero attached hydrogens (tertiary/aromatic N) is 5. The number of halogens is 1. The van der Waals surface area contributed by atoms with E-state index in [0.29, 0.717) is 22.0 Å². The lowest BCUT2D eigenvalue weighted by atomic mass is 10.1. The molecule has 7 nitrogen and oxygen atoms in total. The van der Waals surface area contributed by atoms with Gasteiger partial charge in [0.25, 0.3) is 11.7 Å². The van der Waals surface area contributed by atoms with Crippen LogP contribution in [0, 0.1) is 0 Å². The molecular weight excluding hydrogens is 378 g/mol. The Morgan fingerprint density at radius 1 is 1.00 bits per heavy atom. The molecule has 8 heteroatoms. The first-order valence-electron chi connectivity index (χ1n) is 8.53. The zero-order valence-corrected chi connectivity index (χ0v) is 15.2. The van der Waals surface area contributed by atoms with Crippen molar-refractivity contribution < 1.29 is 9.59 Å². The molecule has 1 aliphatic rings. The first-order chi connectivity index (χ1) is 13.6. The summed E-state index contributed by atoms with van der Waals surface area (Å²) >= 11 is 6.07. The number of amides is 1. The quantitative estimate of drug-likeness (QED) is 0.502. The fourth-order valence-corrected chi connectivity index (χ4v) is 3.59. The van der Waals surface area contributed by atoms with Gasteiger partial charge in [-0.05, 0) is 36.4 Å². The normalized spacial score (nSPS) is 13.4. The third-order valence-electron chi connectivity index (χ3n) is 4.73. The molecule has 1 aliphatic heterocycles. The van der Waals surface area contributed by atoms with Crippen LogP contribution in [0.25, 0.3) is 16.6 Å². The van der Waals surface area contributed by atoms with Crippen molar-refractivity contribution in [3.8, 4) is 5.69 Å². The Morgan fingerprint density at radius 2 is 1.86 bits per heavy atom. The van der Waals surface area contributed by atoms with Crippen LogP contribution in [-0.2, 0) is 11.3 Å². The van der Waals surface area contributed by atoms with Crippen LogP contribution in [0.5, 0.6) is 0 Å². The molecule has 0 saturated carbocycles. The number of carbonyl (C=O) groups is 2. The second-order valence-corrected chi connectivity index (χ2v) is 6.80. The van der Waals surface area contributed by atoms with Crippen LogP contribution in [-0.4, -0.2) is 31.7 Å². The van der Waals surface area contributed by atoms with Gasteiger partial charge in [0.15, 0.2) is 0 Å². The minimum Gasteiger partial charge on any atom is -0.299 e. The third-order valence-corrected chi connectivity index (χ3v) is 4.96. The Morgan fingerprint density at radius 3 is 2.75 bits per heavy atom. The fraction of sp³-hybridized carbons (Fsp3) is 0.0500. The number of para-hydroxylation sites is 1. The Balaban J connectivity index is 1.59. The molecule has 28 heavy (non-hydrogen) atoms. The topological polar surface area (TPSA) is 81.0 Å². The van der Waals surface area contributed by atoms with Gasteiger partial charge in [-0.1, -0.05) is 28.9 Å². The van der Waals surface area contributed by atoms with Gasteiger partial charge >= 0.3 is 0 Å². The minimum absolute atomic E-state index is 0.173. The van der Waals surface area contributed by atoms with Crippen LogP contribution in [0.3, 0.4) is 0 Å². The monoisotopic (exact) mass is 389 g/mol. The molecule has 2 aromatic heterocycles. The van der Waals surface area contributed by atoms with E-state index in [1.807, 2.05) is 12.1 Å². The van der Waals surface area contributed by atoms with Gasteiger partial charge in [-0.15, -0.1) is 5.10 Å². The highest BCUT2D eigenvalue weighted by Gasteiger charge is 2.36. The summed E-state index contributed by atoms with van der Waals surface area (Å²) in [5.74, 6) is -1.06. The number of hydrogen-bond acceptors (Lipinski definition) is 5. The highest BCUT2D eigenvalue weighted by Crippen LogP contribution is 2.30. The number of aromatic nitrogens is 4. The lowest BCUT2D eigenvalue weighted by molar-refractivity contribution is -0.114. The molecule has 0 unspecified atom stereocenters. The number of benzene rings is 2. The van der Waals surface area contributed by atoms with E-state index in [4.69, 9.17) is 11.6 Å². The second kappa shape index (κ2) is 6.24. The van der Waals surface area contributed by atoms with Crippen LogP contribution in [0.15, 0.2) is 60.9 Å². The molecule has 3 heterocycles. The molecule has 5 rings (SSSR count). The molecule has 1 amide bonds. The molecular formula is C20H12ClN5O2. The average Bonchev–Trinajstić information content (AvgIpc) is 3.26. The Kier molecular flexibility index (Phi) is 3.70. The summed E-state index contributed by atoms with van der Waals surface area (Å²) in [6.45, 7) is 0.173. The van der Waals surface area contributed by atoms with Gasteiger partial charge in [-0.2, -0.15) is 0 Å². The maximum absolute atomic E-state index is 12.5. The molecule has 0 atom stereocenters. The Labute approximate surface area is 164 Å². The summed E-state index contributed by atoms with van der Waals surface area (Å²) in [5, 5.41) is 9.63.